The highest BCUT2D eigenvalue weighted by molar-refractivity contribution is 5.93. The van der Waals surface area contributed by atoms with E-state index in [0.29, 0.717) is 17.7 Å². The largest absolute Gasteiger partial charge is 0.379 e. The van der Waals surface area contributed by atoms with E-state index in [2.05, 4.69) is 22.2 Å². The molecule has 2 aromatic carbocycles. The fourth-order valence-electron chi connectivity index (χ4n) is 3.18. The zero-order chi connectivity index (χ0) is 19.3. The third kappa shape index (κ3) is 3.38. The predicted octanol–water partition coefficient (Wildman–Crippen LogP) is 4.73. The van der Waals surface area contributed by atoms with Gasteiger partial charge in [-0.25, -0.2) is 0 Å². The van der Waals surface area contributed by atoms with Crippen LogP contribution in [0, 0.1) is 0 Å². The molecule has 138 valence electrons. The lowest BCUT2D eigenvalue weighted by Crippen LogP contribution is -2.14. The van der Waals surface area contributed by atoms with Crippen LogP contribution in [0.15, 0.2) is 96.6 Å². The summed E-state index contributed by atoms with van der Waals surface area (Å²) >= 11 is 0. The van der Waals surface area contributed by atoms with Gasteiger partial charge in [0.1, 0.15) is 5.82 Å². The lowest BCUT2D eigenvalue weighted by Gasteiger charge is -2.20. The van der Waals surface area contributed by atoms with Crippen molar-refractivity contribution in [1.29, 1.82) is 0 Å². The molecule has 0 unspecified atom stereocenters. The van der Waals surface area contributed by atoms with Crippen LogP contribution in [0.2, 0.25) is 0 Å². The van der Waals surface area contributed by atoms with Crippen LogP contribution in [0.25, 0.3) is 16.6 Å². The first kappa shape index (κ1) is 17.5. The highest BCUT2D eigenvalue weighted by Gasteiger charge is 2.15. The minimum absolute atomic E-state index is 0.0876. The molecule has 2 heterocycles. The summed E-state index contributed by atoms with van der Waals surface area (Å²) in [5.41, 5.74) is 3.30. The van der Waals surface area contributed by atoms with Crippen LogP contribution < -0.4 is 16.1 Å². The van der Waals surface area contributed by atoms with Gasteiger partial charge in [0.2, 0.25) is 0 Å². The third-order valence-corrected chi connectivity index (χ3v) is 4.41. The van der Waals surface area contributed by atoms with Crippen LogP contribution in [0.3, 0.4) is 0 Å². The molecule has 0 saturated heterocycles. The lowest BCUT2D eigenvalue weighted by atomic mass is 10.2. The summed E-state index contributed by atoms with van der Waals surface area (Å²) in [4.78, 5) is 17.1. The molecular weight excluding hydrogens is 348 g/mol. The molecule has 2 N–H and O–H groups in total. The first-order valence-electron chi connectivity index (χ1n) is 9.04. The van der Waals surface area contributed by atoms with Gasteiger partial charge in [-0.05, 0) is 24.3 Å². The van der Waals surface area contributed by atoms with Gasteiger partial charge in [-0.2, -0.15) is 0 Å². The summed E-state index contributed by atoms with van der Waals surface area (Å²) in [7, 11) is 0. The molecule has 0 fully saturated rings. The Morgan fingerprint density at radius 3 is 2.43 bits per heavy atom. The monoisotopic (exact) mass is 368 g/mol. The van der Waals surface area contributed by atoms with Crippen molar-refractivity contribution >= 4 is 28.1 Å². The Balaban J connectivity index is 2.03. The number of nitrogens with one attached hydrogen (secondary N) is 2. The summed E-state index contributed by atoms with van der Waals surface area (Å²) < 4.78 is 2.04. The van der Waals surface area contributed by atoms with Crippen molar-refractivity contribution < 1.29 is 0 Å². The van der Waals surface area contributed by atoms with E-state index in [0.717, 1.165) is 22.6 Å². The highest BCUT2D eigenvalue weighted by Crippen LogP contribution is 2.29. The van der Waals surface area contributed by atoms with Crippen molar-refractivity contribution in [2.75, 3.05) is 17.2 Å². The number of rotatable bonds is 6. The molecule has 5 heteroatoms. The minimum atomic E-state index is -0.0876. The zero-order valence-electron chi connectivity index (χ0n) is 15.3. The number of aromatic nitrogens is 2. The van der Waals surface area contributed by atoms with Gasteiger partial charge in [0.05, 0.1) is 22.8 Å². The molecule has 5 nitrogen and oxygen atoms in total. The third-order valence-electron chi connectivity index (χ3n) is 4.41. The molecule has 0 atom stereocenters. The zero-order valence-corrected chi connectivity index (χ0v) is 15.3. The summed E-state index contributed by atoms with van der Waals surface area (Å²) in [6.07, 6.45) is 5.12. The molecule has 0 amide bonds. The topological polar surface area (TPSA) is 59.0 Å². The molecule has 0 aliphatic rings. The van der Waals surface area contributed by atoms with Crippen molar-refractivity contribution in [2.24, 2.45) is 0 Å². The van der Waals surface area contributed by atoms with Crippen LogP contribution in [-0.4, -0.2) is 16.1 Å². The molecule has 0 spiro atoms. The van der Waals surface area contributed by atoms with Crippen molar-refractivity contribution in [2.45, 2.75) is 0 Å². The van der Waals surface area contributed by atoms with E-state index in [-0.39, 0.29) is 5.43 Å². The molecular formula is C23H20N4O. The molecule has 0 radical (unpaired) electrons. The minimum Gasteiger partial charge on any atom is -0.379 e. The lowest BCUT2D eigenvalue weighted by molar-refractivity contribution is 1.09. The first-order valence-corrected chi connectivity index (χ1v) is 9.04. The molecule has 0 saturated carbocycles. The van der Waals surface area contributed by atoms with Crippen LogP contribution in [-0.2, 0) is 0 Å². The summed E-state index contributed by atoms with van der Waals surface area (Å²) in [5.74, 6) is 0.683. The quantitative estimate of drug-likeness (QED) is 0.483. The second-order valence-electron chi connectivity index (χ2n) is 6.31. The van der Waals surface area contributed by atoms with Gasteiger partial charge in [-0.15, -0.1) is 6.58 Å². The number of fused-ring (bicyclic) bond motifs is 1. The van der Waals surface area contributed by atoms with Gasteiger partial charge in [-0.1, -0.05) is 42.5 Å². The van der Waals surface area contributed by atoms with Crippen molar-refractivity contribution in [3.63, 3.8) is 0 Å². The van der Waals surface area contributed by atoms with Crippen LogP contribution in [0.1, 0.15) is 0 Å². The van der Waals surface area contributed by atoms with Crippen LogP contribution >= 0.6 is 0 Å². The Morgan fingerprint density at radius 1 is 1.00 bits per heavy atom. The number of benzene rings is 2. The Morgan fingerprint density at radius 2 is 1.71 bits per heavy atom. The van der Waals surface area contributed by atoms with Crippen LogP contribution in [0.4, 0.5) is 17.2 Å². The van der Waals surface area contributed by atoms with E-state index in [4.69, 9.17) is 0 Å². The average molecular weight is 368 g/mol. The van der Waals surface area contributed by atoms with E-state index < -0.39 is 0 Å². The highest BCUT2D eigenvalue weighted by atomic mass is 16.1. The maximum Gasteiger partial charge on any atom is 0.193 e. The summed E-state index contributed by atoms with van der Waals surface area (Å²) in [5, 5.41) is 7.23. The van der Waals surface area contributed by atoms with Crippen molar-refractivity contribution in [3.05, 3.63) is 102 Å². The van der Waals surface area contributed by atoms with Crippen molar-refractivity contribution in [1.82, 2.24) is 9.55 Å². The van der Waals surface area contributed by atoms with E-state index >= 15 is 0 Å². The maximum absolute atomic E-state index is 12.9. The summed E-state index contributed by atoms with van der Waals surface area (Å²) in [6.45, 7) is 4.33. The second-order valence-corrected chi connectivity index (χ2v) is 6.31. The fourth-order valence-corrected chi connectivity index (χ4v) is 3.18. The van der Waals surface area contributed by atoms with E-state index in [1.807, 2.05) is 65.2 Å². The Kier molecular flexibility index (Phi) is 4.89. The predicted molar refractivity (Wildman–Crippen MR) is 116 cm³/mol. The molecule has 28 heavy (non-hydrogen) atoms. The molecule has 4 aromatic rings. The van der Waals surface area contributed by atoms with Gasteiger partial charge in [0, 0.05) is 30.2 Å². The maximum atomic E-state index is 12.9. The van der Waals surface area contributed by atoms with Gasteiger partial charge in [0.25, 0.3) is 0 Å². The normalized spacial score (nSPS) is 10.6. The number of hydrogen-bond acceptors (Lipinski definition) is 4. The number of anilines is 3. The van der Waals surface area contributed by atoms with Gasteiger partial charge < -0.3 is 10.6 Å². The standard InChI is InChI=1S/C23H20N4O/c1-2-13-25-20-16-24-15-19-21(28)14-22(26-17-9-5-3-6-10-17)27(23(19)20)18-11-7-4-8-12-18/h2-12,14-16,25-26H,1,13H2. The van der Waals surface area contributed by atoms with Gasteiger partial charge >= 0.3 is 0 Å². The SMILES string of the molecule is C=CCNc1cncc2c(=O)cc(Nc3ccccc3)n(-c3ccccc3)c12. The second kappa shape index (κ2) is 7.80. The number of para-hydroxylation sites is 2. The smallest absolute Gasteiger partial charge is 0.193 e. The first-order chi connectivity index (χ1) is 13.8. The van der Waals surface area contributed by atoms with Gasteiger partial charge in [0.15, 0.2) is 5.43 Å². The van der Waals surface area contributed by atoms with E-state index in [1.54, 1.807) is 24.5 Å². The van der Waals surface area contributed by atoms with Gasteiger partial charge in [-0.3, -0.25) is 14.3 Å². The Labute approximate surface area is 163 Å². The summed E-state index contributed by atoms with van der Waals surface area (Å²) in [6, 6.07) is 21.4. The molecule has 0 aliphatic heterocycles. The Bertz CT molecular complexity index is 1170. The van der Waals surface area contributed by atoms with Crippen molar-refractivity contribution in [3.8, 4) is 5.69 Å². The number of hydrogen-bond donors (Lipinski definition) is 2. The number of pyridine rings is 2. The molecule has 0 bridgehead atoms. The molecule has 0 aliphatic carbocycles. The van der Waals surface area contributed by atoms with Crippen LogP contribution in [0.5, 0.6) is 0 Å². The number of nitrogens with zero attached hydrogens (tertiary/aromatic N) is 2. The molecule has 4 rings (SSSR count). The Hall–Kier alpha value is -3.86. The van der Waals surface area contributed by atoms with E-state index in [9.17, 15) is 4.79 Å². The molecule has 2 aromatic heterocycles. The van der Waals surface area contributed by atoms with E-state index in [1.165, 1.54) is 0 Å². The fraction of sp³-hybridized carbons (Fsp3) is 0.0435. The average Bonchev–Trinajstić information content (AvgIpc) is 2.74.